The van der Waals surface area contributed by atoms with E-state index in [9.17, 15) is 4.79 Å². The lowest BCUT2D eigenvalue weighted by Gasteiger charge is -2.29. The molecule has 0 radical (unpaired) electrons. The minimum atomic E-state index is -0.459. The van der Waals surface area contributed by atoms with E-state index in [4.69, 9.17) is 26.1 Å². The summed E-state index contributed by atoms with van der Waals surface area (Å²) in [6.07, 6.45) is 0. The molecule has 1 aliphatic rings. The van der Waals surface area contributed by atoms with Crippen molar-refractivity contribution >= 4 is 34.0 Å². The van der Waals surface area contributed by atoms with Crippen LogP contribution in [0.2, 0.25) is 0 Å². The molecule has 0 amide bonds. The third kappa shape index (κ3) is 2.57. The Morgan fingerprint density at radius 3 is 2.62 bits per heavy atom. The summed E-state index contributed by atoms with van der Waals surface area (Å²) in [5.41, 5.74) is 2.06. The molecular formula is C19H16N2O4S. The fraction of sp³-hybridized carbons (Fsp3) is 0.158. The highest BCUT2D eigenvalue weighted by atomic mass is 32.1. The number of thiocarbonyl (C=S) groups is 1. The summed E-state index contributed by atoms with van der Waals surface area (Å²) in [6.45, 7) is 0. The molecule has 0 aliphatic carbocycles. The van der Waals surface area contributed by atoms with Crippen molar-refractivity contribution in [3.8, 4) is 11.5 Å². The molecule has 0 spiro atoms. The van der Waals surface area contributed by atoms with Gasteiger partial charge in [0.05, 0.1) is 31.5 Å². The Morgan fingerprint density at radius 1 is 1.08 bits per heavy atom. The Kier molecular flexibility index (Phi) is 4.00. The molecule has 2 aromatic carbocycles. The van der Waals surface area contributed by atoms with Gasteiger partial charge in [0.2, 0.25) is 0 Å². The Hall–Kier alpha value is -3.06. The molecule has 0 saturated carbocycles. The number of para-hydroxylation sites is 1. The van der Waals surface area contributed by atoms with E-state index in [2.05, 4.69) is 10.6 Å². The number of fused-ring (bicyclic) bond motifs is 3. The maximum Gasteiger partial charge on any atom is 0.344 e. The molecule has 1 unspecified atom stereocenters. The van der Waals surface area contributed by atoms with Crippen LogP contribution in [0, 0.1) is 0 Å². The van der Waals surface area contributed by atoms with Crippen molar-refractivity contribution in [2.45, 2.75) is 6.04 Å². The largest absolute Gasteiger partial charge is 0.493 e. The van der Waals surface area contributed by atoms with Gasteiger partial charge in [-0.05, 0) is 42.0 Å². The third-order valence-electron chi connectivity index (χ3n) is 4.39. The molecule has 1 aliphatic heterocycles. The van der Waals surface area contributed by atoms with Gasteiger partial charge in [-0.25, -0.2) is 4.79 Å². The molecular weight excluding hydrogens is 352 g/mol. The van der Waals surface area contributed by atoms with E-state index in [0.717, 1.165) is 10.9 Å². The van der Waals surface area contributed by atoms with Crippen LogP contribution in [-0.2, 0) is 0 Å². The summed E-state index contributed by atoms with van der Waals surface area (Å²) in [4.78, 5) is 12.7. The van der Waals surface area contributed by atoms with Gasteiger partial charge in [0, 0.05) is 5.39 Å². The van der Waals surface area contributed by atoms with Crippen LogP contribution in [0.4, 0.5) is 5.69 Å². The molecule has 6 nitrogen and oxygen atoms in total. The quantitative estimate of drug-likeness (QED) is 0.543. The first kappa shape index (κ1) is 16.4. The van der Waals surface area contributed by atoms with Crippen molar-refractivity contribution in [2.75, 3.05) is 19.5 Å². The SMILES string of the molecule is COc1ccc(C2NC(=S)Nc3c2c(=O)oc2ccccc32)cc1OC. The maximum absolute atomic E-state index is 12.7. The lowest BCUT2D eigenvalue weighted by Crippen LogP contribution is -2.41. The van der Waals surface area contributed by atoms with Crippen molar-refractivity contribution < 1.29 is 13.9 Å². The fourth-order valence-electron chi connectivity index (χ4n) is 3.20. The topological polar surface area (TPSA) is 72.7 Å². The standard InChI is InChI=1S/C19H16N2O4S/c1-23-13-8-7-10(9-14(13)24-2)16-15-17(21-19(26)20-16)11-5-3-4-6-12(11)25-18(15)22/h3-9,16H,1-2H3,(H2,20,21,26). The van der Waals surface area contributed by atoms with Gasteiger partial charge >= 0.3 is 5.63 Å². The molecule has 1 aromatic heterocycles. The van der Waals surface area contributed by atoms with E-state index in [-0.39, 0.29) is 0 Å². The first-order valence-corrected chi connectivity index (χ1v) is 8.38. The molecule has 0 bridgehead atoms. The number of rotatable bonds is 3. The minimum Gasteiger partial charge on any atom is -0.493 e. The predicted octanol–water partition coefficient (Wildman–Crippen LogP) is 3.20. The lowest BCUT2D eigenvalue weighted by molar-refractivity contribution is 0.354. The van der Waals surface area contributed by atoms with Crippen molar-refractivity contribution in [2.24, 2.45) is 0 Å². The number of hydrogen-bond acceptors (Lipinski definition) is 5. The zero-order valence-electron chi connectivity index (χ0n) is 14.2. The van der Waals surface area contributed by atoms with Crippen LogP contribution in [0.15, 0.2) is 51.7 Å². The van der Waals surface area contributed by atoms with Crippen LogP contribution in [0.5, 0.6) is 11.5 Å². The minimum absolute atomic E-state index is 0.416. The second-order valence-electron chi connectivity index (χ2n) is 5.82. The summed E-state index contributed by atoms with van der Waals surface area (Å²) in [5.74, 6) is 1.18. The highest BCUT2D eigenvalue weighted by Gasteiger charge is 2.30. The Labute approximate surface area is 154 Å². The molecule has 132 valence electrons. The number of hydrogen-bond donors (Lipinski definition) is 2. The zero-order chi connectivity index (χ0) is 18.3. The average Bonchev–Trinajstić information content (AvgIpc) is 2.66. The second-order valence-corrected chi connectivity index (χ2v) is 6.23. The maximum atomic E-state index is 12.7. The van der Waals surface area contributed by atoms with Gasteiger partial charge < -0.3 is 24.5 Å². The normalized spacial score (nSPS) is 15.8. The van der Waals surface area contributed by atoms with Crippen molar-refractivity contribution in [3.05, 3.63) is 64.0 Å². The van der Waals surface area contributed by atoms with E-state index in [1.807, 2.05) is 30.3 Å². The van der Waals surface area contributed by atoms with Gasteiger partial charge in [-0.2, -0.15) is 0 Å². The Balaban J connectivity index is 1.95. The zero-order valence-corrected chi connectivity index (χ0v) is 15.0. The second kappa shape index (κ2) is 6.34. The van der Waals surface area contributed by atoms with Crippen LogP contribution >= 0.6 is 12.2 Å². The van der Waals surface area contributed by atoms with Gasteiger partial charge in [0.1, 0.15) is 5.58 Å². The van der Waals surface area contributed by atoms with Crippen LogP contribution in [0.25, 0.3) is 11.0 Å². The molecule has 26 heavy (non-hydrogen) atoms. The fourth-order valence-corrected chi connectivity index (χ4v) is 3.42. The molecule has 4 rings (SSSR count). The van der Waals surface area contributed by atoms with Crippen LogP contribution in [-0.4, -0.2) is 19.3 Å². The number of benzene rings is 2. The van der Waals surface area contributed by atoms with E-state index in [0.29, 0.717) is 33.4 Å². The lowest BCUT2D eigenvalue weighted by atomic mass is 9.95. The number of methoxy groups -OCH3 is 2. The van der Waals surface area contributed by atoms with E-state index >= 15 is 0 Å². The van der Waals surface area contributed by atoms with Gasteiger partial charge in [0.15, 0.2) is 16.6 Å². The summed E-state index contributed by atoms with van der Waals surface area (Å²) >= 11 is 5.36. The summed E-state index contributed by atoms with van der Waals surface area (Å²) in [6, 6.07) is 12.4. The summed E-state index contributed by atoms with van der Waals surface area (Å²) in [7, 11) is 3.14. The molecule has 2 heterocycles. The average molecular weight is 368 g/mol. The first-order valence-electron chi connectivity index (χ1n) is 7.97. The molecule has 7 heteroatoms. The molecule has 0 saturated heterocycles. The number of ether oxygens (including phenoxy) is 2. The third-order valence-corrected chi connectivity index (χ3v) is 4.61. The molecule has 2 N–H and O–H groups in total. The highest BCUT2D eigenvalue weighted by Crippen LogP contribution is 2.37. The van der Waals surface area contributed by atoms with Gasteiger partial charge in [-0.15, -0.1) is 0 Å². The molecule has 0 fully saturated rings. The van der Waals surface area contributed by atoms with Crippen molar-refractivity contribution in [1.82, 2.24) is 5.32 Å². The highest BCUT2D eigenvalue weighted by molar-refractivity contribution is 7.80. The van der Waals surface area contributed by atoms with Crippen LogP contribution in [0.3, 0.4) is 0 Å². The van der Waals surface area contributed by atoms with Crippen LogP contribution in [0.1, 0.15) is 17.2 Å². The first-order chi connectivity index (χ1) is 12.6. The van der Waals surface area contributed by atoms with Gasteiger partial charge in [0.25, 0.3) is 0 Å². The number of nitrogens with one attached hydrogen (secondary N) is 2. The van der Waals surface area contributed by atoms with E-state index in [1.54, 1.807) is 26.4 Å². The Bertz CT molecular complexity index is 1080. The van der Waals surface area contributed by atoms with Crippen molar-refractivity contribution in [3.63, 3.8) is 0 Å². The summed E-state index contributed by atoms with van der Waals surface area (Å²) < 4.78 is 16.2. The smallest absolute Gasteiger partial charge is 0.344 e. The number of anilines is 1. The van der Waals surface area contributed by atoms with Gasteiger partial charge in [-0.1, -0.05) is 18.2 Å². The predicted molar refractivity (Wildman–Crippen MR) is 103 cm³/mol. The van der Waals surface area contributed by atoms with Crippen molar-refractivity contribution in [1.29, 1.82) is 0 Å². The molecule has 3 aromatic rings. The monoisotopic (exact) mass is 368 g/mol. The van der Waals surface area contributed by atoms with Crippen LogP contribution < -0.4 is 25.7 Å². The summed E-state index contributed by atoms with van der Waals surface area (Å²) in [5, 5.41) is 7.49. The van der Waals surface area contributed by atoms with E-state index < -0.39 is 11.7 Å². The molecule has 1 atom stereocenters. The Morgan fingerprint density at radius 2 is 1.85 bits per heavy atom. The van der Waals surface area contributed by atoms with Gasteiger partial charge in [-0.3, -0.25) is 0 Å². The van der Waals surface area contributed by atoms with E-state index in [1.165, 1.54) is 0 Å².